The van der Waals surface area contributed by atoms with Crippen LogP contribution in [0.25, 0.3) is 0 Å². The Morgan fingerprint density at radius 1 is 1.11 bits per heavy atom. The van der Waals surface area contributed by atoms with Gasteiger partial charge >= 0.3 is 0 Å². The monoisotopic (exact) mass is 254 g/mol. The predicted octanol–water partition coefficient (Wildman–Crippen LogP) is 3.65. The summed E-state index contributed by atoms with van der Waals surface area (Å²) in [5, 5.41) is 0. The second-order valence-electron chi connectivity index (χ2n) is 7.88. The summed E-state index contributed by atoms with van der Waals surface area (Å²) in [4.78, 5) is 2.54. The third-order valence-corrected chi connectivity index (χ3v) is 5.41. The number of hydrogen-bond donors (Lipinski definition) is 1. The maximum absolute atomic E-state index is 6.40. The van der Waals surface area contributed by atoms with Crippen molar-refractivity contribution in [3.63, 3.8) is 0 Å². The lowest BCUT2D eigenvalue weighted by molar-refractivity contribution is 0.0258. The van der Waals surface area contributed by atoms with Crippen LogP contribution in [0.2, 0.25) is 0 Å². The molecule has 2 nitrogen and oxygen atoms in total. The molecule has 1 saturated carbocycles. The van der Waals surface area contributed by atoms with Crippen LogP contribution in [0.5, 0.6) is 0 Å². The van der Waals surface area contributed by atoms with Crippen molar-refractivity contribution in [3.05, 3.63) is 0 Å². The quantitative estimate of drug-likeness (QED) is 0.833. The van der Waals surface area contributed by atoms with Crippen molar-refractivity contribution in [2.24, 2.45) is 17.1 Å². The minimum Gasteiger partial charge on any atom is -0.326 e. The van der Waals surface area contributed by atoms with Crippen molar-refractivity contribution in [3.8, 4) is 0 Å². The first-order valence-electron chi connectivity index (χ1n) is 7.58. The van der Waals surface area contributed by atoms with E-state index < -0.39 is 0 Å². The van der Waals surface area contributed by atoms with Gasteiger partial charge in [-0.05, 0) is 57.9 Å². The van der Waals surface area contributed by atoms with Crippen LogP contribution in [0.15, 0.2) is 0 Å². The van der Waals surface area contributed by atoms with E-state index in [-0.39, 0.29) is 5.54 Å². The van der Waals surface area contributed by atoms with Crippen LogP contribution in [-0.2, 0) is 0 Å². The summed E-state index contributed by atoms with van der Waals surface area (Å²) in [6.07, 6.45) is 4.90. The first-order chi connectivity index (χ1) is 8.09. The van der Waals surface area contributed by atoms with Crippen molar-refractivity contribution in [2.75, 3.05) is 7.05 Å². The van der Waals surface area contributed by atoms with Gasteiger partial charge in [0.15, 0.2) is 0 Å². The van der Waals surface area contributed by atoms with Crippen LogP contribution in [0.4, 0.5) is 0 Å². The average molecular weight is 254 g/mol. The minimum atomic E-state index is 0.252. The maximum Gasteiger partial charge on any atom is 0.0252 e. The fourth-order valence-electron chi connectivity index (χ4n) is 3.10. The van der Waals surface area contributed by atoms with Gasteiger partial charge < -0.3 is 5.73 Å². The van der Waals surface area contributed by atoms with Gasteiger partial charge in [-0.2, -0.15) is 0 Å². The molecule has 18 heavy (non-hydrogen) atoms. The summed E-state index contributed by atoms with van der Waals surface area (Å²) in [6, 6.07) is 0.886. The fourth-order valence-corrected chi connectivity index (χ4v) is 3.10. The largest absolute Gasteiger partial charge is 0.326 e. The topological polar surface area (TPSA) is 29.3 Å². The van der Waals surface area contributed by atoms with E-state index in [9.17, 15) is 0 Å². The highest BCUT2D eigenvalue weighted by atomic mass is 15.2. The third kappa shape index (κ3) is 3.48. The molecule has 0 saturated heterocycles. The molecule has 0 heterocycles. The molecule has 0 aromatic heterocycles. The molecule has 1 aliphatic carbocycles. The Hall–Kier alpha value is -0.0800. The highest BCUT2D eigenvalue weighted by molar-refractivity contribution is 4.95. The molecule has 108 valence electrons. The van der Waals surface area contributed by atoms with Gasteiger partial charge in [-0.1, -0.05) is 27.7 Å². The Balaban J connectivity index is 2.80. The molecule has 3 unspecified atom stereocenters. The summed E-state index contributed by atoms with van der Waals surface area (Å²) in [5.41, 5.74) is 7.06. The maximum atomic E-state index is 6.40. The van der Waals surface area contributed by atoms with Crippen LogP contribution < -0.4 is 5.73 Å². The Labute approximate surface area is 114 Å². The van der Waals surface area contributed by atoms with E-state index in [1.54, 1.807) is 0 Å². The van der Waals surface area contributed by atoms with Gasteiger partial charge in [0.25, 0.3) is 0 Å². The van der Waals surface area contributed by atoms with Gasteiger partial charge in [0.1, 0.15) is 0 Å². The Bertz CT molecular complexity index is 265. The second kappa shape index (κ2) is 5.50. The molecular weight excluding hydrogens is 220 g/mol. The Morgan fingerprint density at radius 3 is 2.11 bits per heavy atom. The van der Waals surface area contributed by atoms with Gasteiger partial charge in [-0.15, -0.1) is 0 Å². The first kappa shape index (κ1) is 16.0. The molecule has 0 radical (unpaired) electrons. The smallest absolute Gasteiger partial charge is 0.0252 e. The second-order valence-corrected chi connectivity index (χ2v) is 7.88. The zero-order valence-electron chi connectivity index (χ0n) is 13.6. The van der Waals surface area contributed by atoms with Gasteiger partial charge in [0, 0.05) is 17.6 Å². The third-order valence-electron chi connectivity index (χ3n) is 5.41. The first-order valence-corrected chi connectivity index (χ1v) is 7.58. The average Bonchev–Trinajstić information content (AvgIpc) is 2.27. The van der Waals surface area contributed by atoms with Crippen molar-refractivity contribution >= 4 is 0 Å². The van der Waals surface area contributed by atoms with Crippen molar-refractivity contribution < 1.29 is 0 Å². The molecule has 0 bridgehead atoms. The molecule has 0 aromatic carbocycles. The van der Waals surface area contributed by atoms with E-state index in [1.165, 1.54) is 25.7 Å². The minimum absolute atomic E-state index is 0.252. The summed E-state index contributed by atoms with van der Waals surface area (Å²) in [6.45, 7) is 14.1. The van der Waals surface area contributed by atoms with Crippen LogP contribution in [-0.4, -0.2) is 29.6 Å². The summed E-state index contributed by atoms with van der Waals surface area (Å²) in [7, 11) is 2.26. The molecule has 3 atom stereocenters. The molecule has 0 spiro atoms. The Morgan fingerprint density at radius 2 is 1.67 bits per heavy atom. The summed E-state index contributed by atoms with van der Waals surface area (Å²) in [5.74, 6) is 0.803. The van der Waals surface area contributed by atoms with Crippen molar-refractivity contribution in [2.45, 2.75) is 84.8 Å². The van der Waals surface area contributed by atoms with E-state index in [0.29, 0.717) is 17.5 Å². The van der Waals surface area contributed by atoms with Gasteiger partial charge in [0.05, 0.1) is 0 Å². The van der Waals surface area contributed by atoms with Gasteiger partial charge in [-0.25, -0.2) is 0 Å². The molecule has 2 N–H and O–H groups in total. The van der Waals surface area contributed by atoms with Gasteiger partial charge in [-0.3, -0.25) is 4.90 Å². The standard InChI is InChI=1S/C16H34N2/c1-8-16(5,6)18(7)14-11-12(15(2,3)4)9-10-13(14)17/h12-14H,8-11,17H2,1-7H3. The lowest BCUT2D eigenvalue weighted by Crippen LogP contribution is -2.57. The number of rotatable bonds is 3. The molecular formula is C16H34N2. The van der Waals surface area contributed by atoms with Crippen LogP contribution in [0.3, 0.4) is 0 Å². The van der Waals surface area contributed by atoms with Crippen LogP contribution in [0.1, 0.15) is 67.2 Å². The SMILES string of the molecule is CCC(C)(C)N(C)C1CC(C(C)(C)C)CCC1N. The zero-order valence-corrected chi connectivity index (χ0v) is 13.6. The predicted molar refractivity (Wildman–Crippen MR) is 80.7 cm³/mol. The number of nitrogens with two attached hydrogens (primary N) is 1. The van der Waals surface area contributed by atoms with Crippen molar-refractivity contribution in [1.82, 2.24) is 4.90 Å². The van der Waals surface area contributed by atoms with Crippen molar-refractivity contribution in [1.29, 1.82) is 0 Å². The highest BCUT2D eigenvalue weighted by Crippen LogP contribution is 2.40. The zero-order chi connectivity index (χ0) is 14.1. The molecule has 2 heteroatoms. The van der Waals surface area contributed by atoms with Crippen LogP contribution in [0, 0.1) is 11.3 Å². The van der Waals surface area contributed by atoms with E-state index in [0.717, 1.165) is 5.92 Å². The summed E-state index contributed by atoms with van der Waals surface area (Å²) < 4.78 is 0. The summed E-state index contributed by atoms with van der Waals surface area (Å²) >= 11 is 0. The molecule has 1 fully saturated rings. The molecule has 0 amide bonds. The Kier molecular flexibility index (Phi) is 4.88. The van der Waals surface area contributed by atoms with E-state index in [2.05, 4.69) is 53.5 Å². The molecule has 1 aliphatic rings. The van der Waals surface area contributed by atoms with E-state index in [1.807, 2.05) is 0 Å². The molecule has 0 aliphatic heterocycles. The van der Waals surface area contributed by atoms with Gasteiger partial charge in [0.2, 0.25) is 0 Å². The molecule has 1 rings (SSSR count). The lowest BCUT2D eigenvalue weighted by Gasteiger charge is -2.49. The van der Waals surface area contributed by atoms with Crippen LogP contribution >= 0.6 is 0 Å². The lowest BCUT2D eigenvalue weighted by atomic mass is 9.69. The number of nitrogens with zero attached hydrogens (tertiary/aromatic N) is 1. The number of likely N-dealkylation sites (N-methyl/N-ethyl adjacent to an activating group) is 1. The van der Waals surface area contributed by atoms with E-state index in [4.69, 9.17) is 5.73 Å². The highest BCUT2D eigenvalue weighted by Gasteiger charge is 2.39. The normalized spacial score (nSPS) is 30.8. The molecule has 0 aromatic rings. The fraction of sp³-hybridized carbons (Fsp3) is 1.00. The van der Waals surface area contributed by atoms with E-state index >= 15 is 0 Å². The number of hydrogen-bond acceptors (Lipinski definition) is 2.